The SMILES string of the molecule is CC#CC#CC#CC#CC#CNC(C)=O.CCCCCCCCCCCCC(=O)O[C@H](CO)COCO.[HH].[HH].[HH].[HH].[HH].[HH].[HH].[HH].[HH]. The van der Waals surface area contributed by atoms with Gasteiger partial charge in [-0.25, -0.2) is 0 Å². The Labute approximate surface area is 236 Å². The number of aliphatic hydroxyl groups is 2. The first-order chi connectivity index (χ1) is 18.0. The van der Waals surface area contributed by atoms with Crippen molar-refractivity contribution in [3.8, 4) is 59.3 Å². The minimum absolute atomic E-state index is 0. The number of ether oxygens (including phenoxy) is 2. The molecule has 3 N–H and O–H groups in total. The van der Waals surface area contributed by atoms with E-state index in [0.29, 0.717) is 6.42 Å². The van der Waals surface area contributed by atoms with Crippen LogP contribution in [-0.4, -0.2) is 48.2 Å². The van der Waals surface area contributed by atoms with Crippen molar-refractivity contribution in [3.05, 3.63) is 0 Å². The van der Waals surface area contributed by atoms with E-state index in [1.165, 1.54) is 51.9 Å². The Morgan fingerprint density at radius 2 is 1.32 bits per heavy atom. The van der Waals surface area contributed by atoms with Crippen molar-refractivity contribution in [3.63, 3.8) is 0 Å². The number of rotatable bonds is 16. The Morgan fingerprint density at radius 1 is 0.811 bits per heavy atom. The number of carbonyl (C=O) groups is 2. The lowest BCUT2D eigenvalue weighted by molar-refractivity contribution is -0.157. The van der Waals surface area contributed by atoms with E-state index in [9.17, 15) is 9.59 Å². The maximum atomic E-state index is 11.6. The van der Waals surface area contributed by atoms with Gasteiger partial charge in [0.25, 0.3) is 0 Å². The van der Waals surface area contributed by atoms with Gasteiger partial charge >= 0.3 is 5.97 Å². The zero-order valence-corrected chi connectivity index (χ0v) is 22.5. The molecule has 0 rings (SSSR count). The monoisotopic (exact) mass is 529 g/mol. The maximum absolute atomic E-state index is 11.6. The Morgan fingerprint density at radius 3 is 1.81 bits per heavy atom. The minimum Gasteiger partial charge on any atom is -0.457 e. The van der Waals surface area contributed by atoms with Crippen LogP contribution in [0.5, 0.6) is 0 Å². The highest BCUT2D eigenvalue weighted by Gasteiger charge is 2.13. The van der Waals surface area contributed by atoms with Crippen molar-refractivity contribution in [2.75, 3.05) is 20.0 Å². The van der Waals surface area contributed by atoms with E-state index in [2.05, 4.69) is 71.6 Å². The Kier molecular flexibility index (Phi) is 29.6. The second kappa shape index (κ2) is 30.7. The van der Waals surface area contributed by atoms with E-state index in [4.69, 9.17) is 19.7 Å². The summed E-state index contributed by atoms with van der Waals surface area (Å²) >= 11 is 0. The fourth-order valence-corrected chi connectivity index (χ4v) is 2.71. The lowest BCUT2D eigenvalue weighted by atomic mass is 10.1. The van der Waals surface area contributed by atoms with Crippen LogP contribution in [0.3, 0.4) is 0 Å². The molecule has 37 heavy (non-hydrogen) atoms. The van der Waals surface area contributed by atoms with E-state index < -0.39 is 12.9 Å². The molecule has 0 saturated heterocycles. The average Bonchev–Trinajstić information content (AvgIpc) is 2.89. The van der Waals surface area contributed by atoms with Crippen molar-refractivity contribution in [1.29, 1.82) is 0 Å². The molecule has 0 aliphatic rings. The molecule has 0 fully saturated rings. The van der Waals surface area contributed by atoms with Gasteiger partial charge in [0.1, 0.15) is 12.9 Å². The zero-order chi connectivity index (χ0) is 27.8. The molecule has 0 aromatic heterocycles. The van der Waals surface area contributed by atoms with Gasteiger partial charge in [0.05, 0.1) is 13.2 Å². The van der Waals surface area contributed by atoms with Crippen LogP contribution >= 0.6 is 0 Å². The molecule has 0 unspecified atom stereocenters. The number of hydrogen-bond acceptors (Lipinski definition) is 6. The van der Waals surface area contributed by atoms with Crippen LogP contribution in [0, 0.1) is 59.3 Å². The van der Waals surface area contributed by atoms with Crippen LogP contribution in [0.25, 0.3) is 0 Å². The topological polar surface area (TPSA) is 105 Å². The number of amides is 1. The number of aliphatic hydroxyl groups excluding tert-OH is 2. The third-order valence-electron chi connectivity index (χ3n) is 4.49. The highest BCUT2D eigenvalue weighted by atomic mass is 16.6. The summed E-state index contributed by atoms with van der Waals surface area (Å²) in [5.41, 5.74) is 0. The van der Waals surface area contributed by atoms with Gasteiger partial charge in [-0.1, -0.05) is 70.6 Å². The van der Waals surface area contributed by atoms with Crippen molar-refractivity contribution in [1.82, 2.24) is 5.32 Å². The highest BCUT2D eigenvalue weighted by Crippen LogP contribution is 2.11. The van der Waals surface area contributed by atoms with Crippen LogP contribution in [0.2, 0.25) is 0 Å². The molecule has 0 aliphatic carbocycles. The molecule has 1 amide bonds. The molecule has 0 saturated carbocycles. The molecule has 0 aliphatic heterocycles. The molecule has 7 heteroatoms. The first kappa shape index (κ1) is 35.8. The van der Waals surface area contributed by atoms with Crippen LogP contribution < -0.4 is 5.32 Å². The summed E-state index contributed by atoms with van der Waals surface area (Å²) < 4.78 is 9.77. The molecule has 0 spiro atoms. The molecular weight excluding hydrogens is 470 g/mol. The van der Waals surface area contributed by atoms with Crippen molar-refractivity contribution in [2.45, 2.75) is 97.5 Å². The molecule has 7 nitrogen and oxygen atoms in total. The molecule has 0 heterocycles. The normalized spacial score (nSPS) is 9.32. The number of esters is 1. The molecule has 1 atom stereocenters. The third kappa shape index (κ3) is 32.6. The first-order valence-corrected chi connectivity index (χ1v) is 12.7. The van der Waals surface area contributed by atoms with Crippen LogP contribution in [-0.2, 0) is 19.1 Å². The van der Waals surface area contributed by atoms with Crippen LogP contribution in [0.15, 0.2) is 0 Å². The Bertz CT molecular complexity index is 949. The molecule has 0 aromatic rings. The summed E-state index contributed by atoms with van der Waals surface area (Å²) in [4.78, 5) is 21.9. The summed E-state index contributed by atoms with van der Waals surface area (Å²) in [6, 6.07) is 2.35. The lowest BCUT2D eigenvalue weighted by Crippen LogP contribution is -2.27. The average molecular weight is 530 g/mol. The van der Waals surface area contributed by atoms with Crippen molar-refractivity contribution in [2.24, 2.45) is 0 Å². The summed E-state index contributed by atoms with van der Waals surface area (Å²) in [6.07, 6.45) is 11.9. The quantitative estimate of drug-likeness (QED) is 0.0802. The summed E-state index contributed by atoms with van der Waals surface area (Å²) in [7, 11) is 0. The van der Waals surface area contributed by atoms with E-state index in [-0.39, 0.29) is 37.9 Å². The summed E-state index contributed by atoms with van der Waals surface area (Å²) in [6.45, 7) is 4.59. The second-order valence-electron chi connectivity index (χ2n) is 7.78. The van der Waals surface area contributed by atoms with Crippen LogP contribution in [0.1, 0.15) is 104 Å². The molecule has 0 radical (unpaired) electrons. The fourth-order valence-electron chi connectivity index (χ4n) is 2.71. The van der Waals surface area contributed by atoms with Gasteiger partial charge in [0, 0.05) is 55.9 Å². The number of nitrogens with one attached hydrogen (secondary N) is 1. The number of carbonyl (C=O) groups excluding carboxylic acids is 2. The van der Waals surface area contributed by atoms with Gasteiger partial charge in [0.15, 0.2) is 0 Å². The van der Waals surface area contributed by atoms with Gasteiger partial charge < -0.3 is 19.7 Å². The minimum atomic E-state index is -0.678. The van der Waals surface area contributed by atoms with E-state index in [1.54, 1.807) is 6.92 Å². The van der Waals surface area contributed by atoms with Gasteiger partial charge in [-0.3, -0.25) is 14.9 Å². The summed E-state index contributed by atoms with van der Waals surface area (Å²) in [5, 5.41) is 19.8. The van der Waals surface area contributed by atoms with E-state index >= 15 is 0 Å². The summed E-state index contributed by atoms with van der Waals surface area (Å²) in [5.74, 6) is 21.8. The Hall–Kier alpha value is -3.38. The largest absolute Gasteiger partial charge is 0.457 e. The van der Waals surface area contributed by atoms with Crippen LogP contribution in [0.4, 0.5) is 0 Å². The molecule has 0 bridgehead atoms. The van der Waals surface area contributed by atoms with Crippen molar-refractivity contribution < 1.29 is 42.1 Å². The van der Waals surface area contributed by atoms with Gasteiger partial charge in [0.2, 0.25) is 5.91 Å². The Balaban J connectivity index is -0.0000000516. The van der Waals surface area contributed by atoms with Gasteiger partial charge in [-0.05, 0) is 37.0 Å². The van der Waals surface area contributed by atoms with Crippen molar-refractivity contribution >= 4 is 11.9 Å². The lowest BCUT2D eigenvalue weighted by Gasteiger charge is -2.14. The maximum Gasteiger partial charge on any atom is 0.306 e. The molecule has 220 valence electrons. The molecule has 0 aromatic carbocycles. The standard InChI is InChI=1S/C17H34O5.C13H7NO.9H2/c1-2-3-4-5-6-7-8-9-10-11-12-17(20)22-16(13-18)14-21-15-19;1-3-4-5-6-7-8-9-10-11-12-14-13(2)15;;;;;;;;;/h16,18-19H,2-15H2,1H3;1-2H3,(H,14,15);9*1H/t16-;;;;;;;;;;/m1........../s1. The van der Waals surface area contributed by atoms with E-state index in [0.717, 1.165) is 19.3 Å². The molecular formula is C30H59NO6. The van der Waals surface area contributed by atoms with Gasteiger partial charge in [-0.2, -0.15) is 0 Å². The zero-order valence-electron chi connectivity index (χ0n) is 22.5. The predicted molar refractivity (Wildman–Crippen MR) is 164 cm³/mol. The number of unbranched alkanes of at least 4 members (excludes halogenated alkanes) is 9. The number of hydrogen-bond donors (Lipinski definition) is 3. The smallest absolute Gasteiger partial charge is 0.306 e. The second-order valence-corrected chi connectivity index (χ2v) is 7.78. The predicted octanol–water partition coefficient (Wildman–Crippen LogP) is 5.50. The first-order valence-electron chi connectivity index (χ1n) is 12.7. The fraction of sp³-hybridized carbons (Fsp3) is 0.600. The van der Waals surface area contributed by atoms with Gasteiger partial charge in [-0.15, -0.1) is 0 Å². The third-order valence-corrected chi connectivity index (χ3v) is 4.49. The highest BCUT2D eigenvalue weighted by molar-refractivity contribution is 5.74. The van der Waals surface area contributed by atoms with E-state index in [1.807, 2.05) is 0 Å².